The zero-order chi connectivity index (χ0) is 14.6. The molecule has 1 unspecified atom stereocenters. The fraction of sp³-hybridized carbons (Fsp3) is 0.385. The second kappa shape index (κ2) is 6.74. The minimum Gasteiger partial charge on any atom is -0.507 e. The van der Waals surface area contributed by atoms with Gasteiger partial charge in [-0.15, -0.1) is 0 Å². The van der Waals surface area contributed by atoms with Gasteiger partial charge in [-0.1, -0.05) is 13.8 Å². The predicted octanol–water partition coefficient (Wildman–Crippen LogP) is 1.92. The summed E-state index contributed by atoms with van der Waals surface area (Å²) in [4.78, 5) is 23.6. The number of methoxy groups -OCH3 is 1. The van der Waals surface area contributed by atoms with E-state index in [0.29, 0.717) is 9.13 Å². The molecule has 0 heterocycles. The van der Waals surface area contributed by atoms with E-state index in [-0.39, 0.29) is 11.7 Å². The number of aromatic hydroxyl groups is 1. The molecule has 0 aromatic heterocycles. The van der Waals surface area contributed by atoms with Crippen LogP contribution >= 0.6 is 22.6 Å². The van der Waals surface area contributed by atoms with E-state index in [9.17, 15) is 14.7 Å². The number of hydrogen-bond acceptors (Lipinski definition) is 4. The van der Waals surface area contributed by atoms with E-state index in [4.69, 9.17) is 0 Å². The highest BCUT2D eigenvalue weighted by atomic mass is 127. The van der Waals surface area contributed by atoms with E-state index >= 15 is 0 Å². The lowest BCUT2D eigenvalue weighted by Crippen LogP contribution is -2.45. The van der Waals surface area contributed by atoms with Crippen LogP contribution in [0.3, 0.4) is 0 Å². The Hall–Kier alpha value is -1.31. The molecular weight excluding hydrogens is 361 g/mol. The first-order valence-corrected chi connectivity index (χ1v) is 6.82. The van der Waals surface area contributed by atoms with Gasteiger partial charge in [-0.25, -0.2) is 4.79 Å². The second-order valence-electron chi connectivity index (χ2n) is 4.38. The minimum atomic E-state index is -0.709. The molecule has 0 fully saturated rings. The predicted molar refractivity (Wildman–Crippen MR) is 78.9 cm³/mol. The fourth-order valence-corrected chi connectivity index (χ4v) is 1.84. The molecule has 1 aromatic carbocycles. The fourth-order valence-electron chi connectivity index (χ4n) is 1.50. The van der Waals surface area contributed by atoms with Crippen molar-refractivity contribution >= 4 is 34.5 Å². The van der Waals surface area contributed by atoms with Crippen LogP contribution in [0.1, 0.15) is 24.2 Å². The van der Waals surface area contributed by atoms with Gasteiger partial charge in [0, 0.05) is 5.56 Å². The number of benzene rings is 1. The van der Waals surface area contributed by atoms with E-state index in [1.54, 1.807) is 12.1 Å². The summed E-state index contributed by atoms with van der Waals surface area (Å²) in [5.74, 6) is -0.963. The van der Waals surface area contributed by atoms with E-state index in [0.717, 1.165) is 0 Å². The Bertz CT molecular complexity index is 488. The van der Waals surface area contributed by atoms with Crippen molar-refractivity contribution < 1.29 is 19.4 Å². The lowest BCUT2D eigenvalue weighted by atomic mass is 10.0. The van der Waals surface area contributed by atoms with E-state index in [2.05, 4.69) is 10.1 Å². The van der Waals surface area contributed by atoms with Crippen LogP contribution in [-0.2, 0) is 9.53 Å². The molecule has 1 aromatic rings. The maximum atomic E-state index is 12.0. The van der Waals surface area contributed by atoms with Gasteiger partial charge in [0.05, 0.1) is 10.7 Å². The van der Waals surface area contributed by atoms with Crippen LogP contribution in [0.25, 0.3) is 0 Å². The zero-order valence-electron chi connectivity index (χ0n) is 10.9. The average Bonchev–Trinajstić information content (AvgIpc) is 2.37. The number of esters is 1. The van der Waals surface area contributed by atoms with Crippen LogP contribution in [-0.4, -0.2) is 30.1 Å². The van der Waals surface area contributed by atoms with E-state index in [1.165, 1.54) is 13.2 Å². The van der Waals surface area contributed by atoms with Crippen molar-refractivity contribution in [3.63, 3.8) is 0 Å². The standard InChI is InChI=1S/C13H16INO4/c1-7(2)11(13(18)19-3)15-12(17)8-4-5-9(14)10(16)6-8/h4-7,11,16H,1-3H3,(H,15,17). The lowest BCUT2D eigenvalue weighted by Gasteiger charge is -2.19. The average molecular weight is 377 g/mol. The molecule has 0 saturated heterocycles. The topological polar surface area (TPSA) is 75.6 Å². The maximum Gasteiger partial charge on any atom is 0.328 e. The van der Waals surface area contributed by atoms with Crippen molar-refractivity contribution in [3.8, 4) is 5.75 Å². The van der Waals surface area contributed by atoms with Gasteiger partial charge in [0.25, 0.3) is 5.91 Å². The van der Waals surface area contributed by atoms with Gasteiger partial charge in [0.2, 0.25) is 0 Å². The van der Waals surface area contributed by atoms with E-state index in [1.807, 2.05) is 36.4 Å². The van der Waals surface area contributed by atoms with Crippen LogP contribution in [0.2, 0.25) is 0 Å². The van der Waals surface area contributed by atoms with Crippen molar-refractivity contribution in [2.24, 2.45) is 5.92 Å². The van der Waals surface area contributed by atoms with Crippen LogP contribution in [0.4, 0.5) is 0 Å². The molecule has 1 atom stereocenters. The summed E-state index contributed by atoms with van der Waals surface area (Å²) in [5.41, 5.74) is 0.299. The third-order valence-corrected chi connectivity index (χ3v) is 3.53. The molecule has 104 valence electrons. The first-order chi connectivity index (χ1) is 8.86. The number of phenolic OH excluding ortho intramolecular Hbond substituents is 1. The highest BCUT2D eigenvalue weighted by molar-refractivity contribution is 14.1. The highest BCUT2D eigenvalue weighted by Gasteiger charge is 2.25. The van der Waals surface area contributed by atoms with Crippen LogP contribution in [0, 0.1) is 9.49 Å². The smallest absolute Gasteiger partial charge is 0.328 e. The zero-order valence-corrected chi connectivity index (χ0v) is 13.1. The van der Waals surface area contributed by atoms with Gasteiger partial charge in [0.15, 0.2) is 0 Å². The monoisotopic (exact) mass is 377 g/mol. The van der Waals surface area contributed by atoms with Crippen LogP contribution in [0.15, 0.2) is 18.2 Å². The first kappa shape index (κ1) is 15.7. The largest absolute Gasteiger partial charge is 0.507 e. The van der Waals surface area contributed by atoms with Crippen molar-refractivity contribution in [2.75, 3.05) is 7.11 Å². The number of ether oxygens (including phenoxy) is 1. The third-order valence-electron chi connectivity index (χ3n) is 2.62. The molecule has 0 saturated carbocycles. The lowest BCUT2D eigenvalue weighted by molar-refractivity contribution is -0.144. The Balaban J connectivity index is 2.87. The Morgan fingerprint density at radius 2 is 2.00 bits per heavy atom. The number of halogens is 1. The number of hydrogen-bond donors (Lipinski definition) is 2. The summed E-state index contributed by atoms with van der Waals surface area (Å²) >= 11 is 1.96. The molecule has 1 rings (SSSR count). The molecule has 0 aliphatic carbocycles. The summed E-state index contributed by atoms with van der Waals surface area (Å²) in [5, 5.41) is 12.2. The Morgan fingerprint density at radius 3 is 2.47 bits per heavy atom. The van der Waals surface area contributed by atoms with Crippen LogP contribution < -0.4 is 5.32 Å². The number of rotatable bonds is 4. The SMILES string of the molecule is COC(=O)C(NC(=O)c1ccc(I)c(O)c1)C(C)C. The molecule has 2 N–H and O–H groups in total. The normalized spacial score (nSPS) is 12.1. The van der Waals surface area contributed by atoms with E-state index < -0.39 is 17.9 Å². The molecule has 6 heteroatoms. The summed E-state index contributed by atoms with van der Waals surface area (Å²) < 4.78 is 5.30. The quantitative estimate of drug-likeness (QED) is 0.621. The summed E-state index contributed by atoms with van der Waals surface area (Å²) in [6.07, 6.45) is 0. The highest BCUT2D eigenvalue weighted by Crippen LogP contribution is 2.20. The van der Waals surface area contributed by atoms with Gasteiger partial charge in [0.1, 0.15) is 11.8 Å². The van der Waals surface area contributed by atoms with Crippen molar-refractivity contribution in [1.82, 2.24) is 5.32 Å². The van der Waals surface area contributed by atoms with Crippen LogP contribution in [0.5, 0.6) is 5.75 Å². The Labute approximate surface area is 125 Å². The summed E-state index contributed by atoms with van der Waals surface area (Å²) in [7, 11) is 1.28. The first-order valence-electron chi connectivity index (χ1n) is 5.74. The number of carbonyl (C=O) groups is 2. The number of phenols is 1. The number of amides is 1. The second-order valence-corrected chi connectivity index (χ2v) is 5.55. The molecular formula is C13H16INO4. The molecule has 0 aliphatic heterocycles. The molecule has 0 bridgehead atoms. The van der Waals surface area contributed by atoms with Gasteiger partial charge < -0.3 is 15.2 Å². The molecule has 19 heavy (non-hydrogen) atoms. The minimum absolute atomic E-state index is 0.0346. The molecule has 5 nitrogen and oxygen atoms in total. The van der Waals surface area contributed by atoms with Gasteiger partial charge in [-0.3, -0.25) is 4.79 Å². The van der Waals surface area contributed by atoms with Crippen molar-refractivity contribution in [1.29, 1.82) is 0 Å². The molecule has 0 aliphatic rings. The maximum absolute atomic E-state index is 12.0. The van der Waals surface area contributed by atoms with Gasteiger partial charge in [-0.2, -0.15) is 0 Å². The molecule has 1 amide bonds. The summed E-state index contributed by atoms with van der Waals surface area (Å²) in [6.45, 7) is 3.63. The Kier molecular flexibility index (Phi) is 5.59. The van der Waals surface area contributed by atoms with Crippen molar-refractivity contribution in [3.05, 3.63) is 27.3 Å². The van der Waals surface area contributed by atoms with Crippen molar-refractivity contribution in [2.45, 2.75) is 19.9 Å². The third kappa shape index (κ3) is 4.09. The summed E-state index contributed by atoms with van der Waals surface area (Å²) in [6, 6.07) is 3.88. The number of carbonyl (C=O) groups excluding carboxylic acids is 2. The number of nitrogens with one attached hydrogen (secondary N) is 1. The van der Waals surface area contributed by atoms with Gasteiger partial charge >= 0.3 is 5.97 Å². The molecule has 0 radical (unpaired) electrons. The molecule has 0 spiro atoms. The Morgan fingerprint density at radius 1 is 1.37 bits per heavy atom. The van der Waals surface area contributed by atoms with Gasteiger partial charge in [-0.05, 0) is 46.7 Å².